The van der Waals surface area contributed by atoms with Crippen LogP contribution in [0.25, 0.3) is 0 Å². The minimum atomic E-state index is 0.535. The van der Waals surface area contributed by atoms with Crippen LogP contribution in [-0.2, 0) is 0 Å². The lowest BCUT2D eigenvalue weighted by Gasteiger charge is -2.39. The summed E-state index contributed by atoms with van der Waals surface area (Å²) in [6, 6.07) is 0.535. The van der Waals surface area contributed by atoms with Crippen molar-refractivity contribution in [1.29, 1.82) is 0 Å². The predicted molar refractivity (Wildman–Crippen MR) is 70.1 cm³/mol. The van der Waals surface area contributed by atoms with E-state index in [9.17, 15) is 0 Å². The third-order valence-electron chi connectivity index (χ3n) is 3.64. The molecule has 0 spiro atoms. The minimum absolute atomic E-state index is 0.535. The van der Waals surface area contributed by atoms with Gasteiger partial charge in [-0.3, -0.25) is 4.98 Å². The van der Waals surface area contributed by atoms with Gasteiger partial charge in [-0.2, -0.15) is 0 Å². The lowest BCUT2D eigenvalue weighted by atomic mass is 9.93. The zero-order valence-electron chi connectivity index (χ0n) is 11.0. The Kier molecular flexibility index (Phi) is 3.62. The number of hydrogen-bond acceptors (Lipinski definition) is 4. The average Bonchev–Trinajstić information content (AvgIpc) is 2.33. The molecule has 4 nitrogen and oxygen atoms in total. The highest BCUT2D eigenvalue weighted by molar-refractivity contribution is 5.44. The smallest absolute Gasteiger partial charge is 0.150 e. The Labute approximate surface area is 103 Å². The average molecular weight is 234 g/mol. The van der Waals surface area contributed by atoms with Crippen LogP contribution >= 0.6 is 0 Å². The number of rotatable bonds is 2. The molecule has 2 rings (SSSR count). The summed E-state index contributed by atoms with van der Waals surface area (Å²) < 4.78 is 0. The van der Waals surface area contributed by atoms with Crippen LogP contribution in [0.15, 0.2) is 6.20 Å². The maximum Gasteiger partial charge on any atom is 0.150 e. The van der Waals surface area contributed by atoms with Crippen LogP contribution in [0.2, 0.25) is 0 Å². The standard InChI is InChI=1S/C13H22N4/c1-9-7-15-11(3)13(16-9)17-8-12(6-14)5-4-10(17)2/h7,10,12H,4-6,8,14H2,1-3H3. The van der Waals surface area contributed by atoms with Crippen LogP contribution in [0.5, 0.6) is 0 Å². The maximum atomic E-state index is 5.79. The molecular formula is C13H22N4. The van der Waals surface area contributed by atoms with Gasteiger partial charge in [0, 0.05) is 18.8 Å². The molecule has 1 aromatic rings. The number of aryl methyl sites for hydroxylation is 2. The van der Waals surface area contributed by atoms with E-state index in [4.69, 9.17) is 5.73 Å². The summed E-state index contributed by atoms with van der Waals surface area (Å²) in [6.07, 6.45) is 4.25. The summed E-state index contributed by atoms with van der Waals surface area (Å²) in [5.74, 6) is 1.63. The van der Waals surface area contributed by atoms with Crippen molar-refractivity contribution in [2.75, 3.05) is 18.0 Å². The van der Waals surface area contributed by atoms with Gasteiger partial charge in [-0.15, -0.1) is 0 Å². The van der Waals surface area contributed by atoms with Crippen molar-refractivity contribution < 1.29 is 0 Å². The Morgan fingerprint density at radius 3 is 2.88 bits per heavy atom. The zero-order chi connectivity index (χ0) is 12.4. The summed E-state index contributed by atoms with van der Waals surface area (Å²) in [4.78, 5) is 11.4. The van der Waals surface area contributed by atoms with Gasteiger partial charge in [0.1, 0.15) is 0 Å². The van der Waals surface area contributed by atoms with Crippen LogP contribution in [0.3, 0.4) is 0 Å². The van der Waals surface area contributed by atoms with Crippen LogP contribution in [0.1, 0.15) is 31.2 Å². The van der Waals surface area contributed by atoms with Crippen LogP contribution in [0.4, 0.5) is 5.82 Å². The van der Waals surface area contributed by atoms with Gasteiger partial charge >= 0.3 is 0 Å². The van der Waals surface area contributed by atoms with E-state index in [2.05, 4.69) is 21.8 Å². The molecule has 0 radical (unpaired) electrons. The van der Waals surface area contributed by atoms with Crippen molar-refractivity contribution in [3.05, 3.63) is 17.6 Å². The fraction of sp³-hybridized carbons (Fsp3) is 0.692. The van der Waals surface area contributed by atoms with Gasteiger partial charge < -0.3 is 10.6 Å². The molecule has 0 aliphatic carbocycles. The Balaban J connectivity index is 2.27. The van der Waals surface area contributed by atoms with E-state index in [0.29, 0.717) is 12.0 Å². The lowest BCUT2D eigenvalue weighted by molar-refractivity contribution is 0.371. The molecule has 2 heterocycles. The van der Waals surface area contributed by atoms with E-state index >= 15 is 0 Å². The Bertz CT molecular complexity index is 391. The molecule has 1 saturated heterocycles. The fourth-order valence-corrected chi connectivity index (χ4v) is 2.47. The molecule has 4 heteroatoms. The molecule has 2 atom stereocenters. The highest BCUT2D eigenvalue weighted by atomic mass is 15.2. The largest absolute Gasteiger partial charge is 0.352 e. The number of piperidine rings is 1. The summed E-state index contributed by atoms with van der Waals surface area (Å²) in [7, 11) is 0. The van der Waals surface area contributed by atoms with E-state index in [1.807, 2.05) is 20.0 Å². The molecule has 0 amide bonds. The van der Waals surface area contributed by atoms with Crippen LogP contribution in [0, 0.1) is 19.8 Å². The Hall–Kier alpha value is -1.16. The fourth-order valence-electron chi connectivity index (χ4n) is 2.47. The SMILES string of the molecule is Cc1cnc(C)c(N2CC(CN)CCC2C)n1. The first-order valence-electron chi connectivity index (χ1n) is 6.38. The Morgan fingerprint density at radius 2 is 2.18 bits per heavy atom. The zero-order valence-corrected chi connectivity index (χ0v) is 11.0. The van der Waals surface area contributed by atoms with E-state index in [-0.39, 0.29) is 0 Å². The van der Waals surface area contributed by atoms with E-state index in [1.165, 1.54) is 12.8 Å². The monoisotopic (exact) mass is 234 g/mol. The number of anilines is 1. The van der Waals surface area contributed by atoms with Gasteiger partial charge in [0.15, 0.2) is 5.82 Å². The van der Waals surface area contributed by atoms with E-state index < -0.39 is 0 Å². The lowest BCUT2D eigenvalue weighted by Crippen LogP contribution is -2.44. The Morgan fingerprint density at radius 1 is 1.41 bits per heavy atom. The van der Waals surface area contributed by atoms with Crippen molar-refractivity contribution in [1.82, 2.24) is 9.97 Å². The third-order valence-corrected chi connectivity index (χ3v) is 3.64. The van der Waals surface area contributed by atoms with Gasteiger partial charge in [0.25, 0.3) is 0 Å². The second-order valence-corrected chi connectivity index (χ2v) is 5.10. The summed E-state index contributed by atoms with van der Waals surface area (Å²) in [5.41, 5.74) is 7.79. The highest BCUT2D eigenvalue weighted by Crippen LogP contribution is 2.27. The number of nitrogens with zero attached hydrogens (tertiary/aromatic N) is 3. The first-order valence-corrected chi connectivity index (χ1v) is 6.38. The minimum Gasteiger partial charge on any atom is -0.352 e. The molecule has 0 saturated carbocycles. The van der Waals surface area contributed by atoms with Gasteiger partial charge in [-0.1, -0.05) is 0 Å². The maximum absolute atomic E-state index is 5.79. The molecule has 0 bridgehead atoms. The van der Waals surface area contributed by atoms with Crippen molar-refractivity contribution >= 4 is 5.82 Å². The normalized spacial score (nSPS) is 25.1. The van der Waals surface area contributed by atoms with Gasteiger partial charge in [0.05, 0.1) is 11.4 Å². The molecule has 1 aromatic heterocycles. The van der Waals surface area contributed by atoms with E-state index in [1.54, 1.807) is 0 Å². The second kappa shape index (κ2) is 5.00. The summed E-state index contributed by atoms with van der Waals surface area (Å²) in [5, 5.41) is 0. The van der Waals surface area contributed by atoms with Crippen molar-refractivity contribution in [3.8, 4) is 0 Å². The molecule has 2 unspecified atom stereocenters. The first-order chi connectivity index (χ1) is 8.11. The van der Waals surface area contributed by atoms with Crippen LogP contribution < -0.4 is 10.6 Å². The molecular weight excluding hydrogens is 212 g/mol. The number of hydrogen-bond donors (Lipinski definition) is 1. The molecule has 1 aliphatic heterocycles. The van der Waals surface area contributed by atoms with Gasteiger partial charge in [0.2, 0.25) is 0 Å². The molecule has 94 valence electrons. The first kappa shape index (κ1) is 12.3. The number of aromatic nitrogens is 2. The molecule has 1 aliphatic rings. The highest BCUT2D eigenvalue weighted by Gasteiger charge is 2.26. The predicted octanol–water partition coefficient (Wildman–Crippen LogP) is 1.66. The quantitative estimate of drug-likeness (QED) is 0.845. The molecule has 1 fully saturated rings. The van der Waals surface area contributed by atoms with Crippen molar-refractivity contribution in [3.63, 3.8) is 0 Å². The summed E-state index contributed by atoms with van der Waals surface area (Å²) in [6.45, 7) is 8.06. The van der Waals surface area contributed by atoms with Crippen molar-refractivity contribution in [2.45, 2.75) is 39.7 Å². The molecule has 0 aromatic carbocycles. The van der Waals surface area contributed by atoms with Gasteiger partial charge in [-0.25, -0.2) is 4.98 Å². The topological polar surface area (TPSA) is 55.0 Å². The third kappa shape index (κ3) is 2.57. The second-order valence-electron chi connectivity index (χ2n) is 5.10. The number of nitrogens with two attached hydrogens (primary N) is 1. The molecule has 2 N–H and O–H groups in total. The van der Waals surface area contributed by atoms with Crippen molar-refractivity contribution in [2.24, 2.45) is 11.7 Å². The van der Waals surface area contributed by atoms with Crippen LogP contribution in [-0.4, -0.2) is 29.1 Å². The molecule has 17 heavy (non-hydrogen) atoms. The summed E-state index contributed by atoms with van der Waals surface area (Å²) >= 11 is 0. The van der Waals surface area contributed by atoms with Gasteiger partial charge in [-0.05, 0) is 46.1 Å². The van der Waals surface area contributed by atoms with E-state index in [0.717, 1.165) is 30.3 Å².